The maximum atomic E-state index is 12.4. The van der Waals surface area contributed by atoms with Gasteiger partial charge in [0.25, 0.3) is 0 Å². The zero-order valence-corrected chi connectivity index (χ0v) is 11.3. The van der Waals surface area contributed by atoms with Crippen LogP contribution in [0.1, 0.15) is 32.1 Å². The molecule has 1 heterocycles. The maximum Gasteiger partial charge on any atom is 0.250 e. The third-order valence-electron chi connectivity index (χ3n) is 4.31. The van der Waals surface area contributed by atoms with E-state index in [1.807, 2.05) is 25.2 Å². The normalized spacial score (nSPS) is 21.7. The van der Waals surface area contributed by atoms with E-state index in [-0.39, 0.29) is 11.4 Å². The number of nitrogens with one attached hydrogen (secondary N) is 1. The molecule has 1 aliphatic heterocycles. The Kier molecular flexibility index (Phi) is 2.74. The van der Waals surface area contributed by atoms with Crippen LogP contribution < -0.4 is 10.2 Å². The number of anilines is 2. The molecule has 3 rings (SSSR count). The number of benzene rings is 1. The van der Waals surface area contributed by atoms with Crippen LogP contribution in [0, 0.1) is 0 Å². The summed E-state index contributed by atoms with van der Waals surface area (Å²) in [4.78, 5) is 14.6. The van der Waals surface area contributed by atoms with E-state index in [9.17, 15) is 4.79 Å². The Balaban J connectivity index is 2.07. The zero-order valence-electron chi connectivity index (χ0n) is 10.5. The van der Waals surface area contributed by atoms with Gasteiger partial charge in [0.05, 0.1) is 11.4 Å². The Morgan fingerprint density at radius 2 is 2.00 bits per heavy atom. The molecular formula is C14H17ClN2O. The van der Waals surface area contributed by atoms with Crippen molar-refractivity contribution in [3.05, 3.63) is 23.2 Å². The molecular weight excluding hydrogens is 248 g/mol. The van der Waals surface area contributed by atoms with E-state index in [1.54, 1.807) is 0 Å². The Morgan fingerprint density at radius 3 is 2.72 bits per heavy atom. The number of fused-ring (bicyclic) bond motifs is 1. The van der Waals surface area contributed by atoms with E-state index < -0.39 is 0 Å². The second kappa shape index (κ2) is 4.16. The lowest BCUT2D eigenvalue weighted by Crippen LogP contribution is -2.59. The average Bonchev–Trinajstić information content (AvgIpc) is 2.39. The first kappa shape index (κ1) is 11.8. The SMILES string of the molecule is CN1c2cc(Cl)ccc2NC(=O)C12CCCCC2. The summed E-state index contributed by atoms with van der Waals surface area (Å²) in [6.07, 6.45) is 5.33. The highest BCUT2D eigenvalue weighted by molar-refractivity contribution is 6.31. The molecule has 1 aromatic carbocycles. The molecule has 1 fully saturated rings. The molecule has 0 bridgehead atoms. The molecule has 0 unspecified atom stereocenters. The van der Waals surface area contributed by atoms with Gasteiger partial charge in [-0.15, -0.1) is 0 Å². The summed E-state index contributed by atoms with van der Waals surface area (Å²) in [6.45, 7) is 0. The van der Waals surface area contributed by atoms with Gasteiger partial charge in [-0.3, -0.25) is 4.79 Å². The number of rotatable bonds is 0. The first-order valence-electron chi connectivity index (χ1n) is 6.48. The van der Waals surface area contributed by atoms with Gasteiger partial charge in [-0.1, -0.05) is 30.9 Å². The van der Waals surface area contributed by atoms with Crippen LogP contribution >= 0.6 is 11.6 Å². The van der Waals surface area contributed by atoms with Crippen LogP contribution in [0.5, 0.6) is 0 Å². The van der Waals surface area contributed by atoms with E-state index >= 15 is 0 Å². The quantitative estimate of drug-likeness (QED) is 0.779. The standard InChI is InChI=1S/C14H17ClN2O/c1-17-12-9-10(15)5-6-11(12)16-13(18)14(17)7-3-2-4-8-14/h5-6,9H,2-4,7-8H2,1H3,(H,16,18). The molecule has 1 aromatic rings. The van der Waals surface area contributed by atoms with Gasteiger partial charge in [-0.05, 0) is 31.0 Å². The molecule has 1 N–H and O–H groups in total. The number of carbonyl (C=O) groups excluding carboxylic acids is 1. The van der Waals surface area contributed by atoms with Crippen LogP contribution in [0.25, 0.3) is 0 Å². The Morgan fingerprint density at radius 1 is 1.28 bits per heavy atom. The Hall–Kier alpha value is -1.22. The van der Waals surface area contributed by atoms with Crippen molar-refractivity contribution in [1.82, 2.24) is 0 Å². The van der Waals surface area contributed by atoms with Crippen LogP contribution in [-0.4, -0.2) is 18.5 Å². The molecule has 1 aliphatic carbocycles. The van der Waals surface area contributed by atoms with Crippen LogP contribution in [0.3, 0.4) is 0 Å². The predicted molar refractivity (Wildman–Crippen MR) is 74.3 cm³/mol. The molecule has 4 heteroatoms. The van der Waals surface area contributed by atoms with Crippen molar-refractivity contribution in [2.45, 2.75) is 37.6 Å². The van der Waals surface area contributed by atoms with Gasteiger partial charge in [0.15, 0.2) is 0 Å². The fourth-order valence-corrected chi connectivity index (χ4v) is 3.38. The smallest absolute Gasteiger partial charge is 0.250 e. The summed E-state index contributed by atoms with van der Waals surface area (Å²) < 4.78 is 0. The molecule has 0 atom stereocenters. The number of hydrogen-bond acceptors (Lipinski definition) is 2. The average molecular weight is 265 g/mol. The first-order valence-corrected chi connectivity index (χ1v) is 6.86. The van der Waals surface area contributed by atoms with Crippen LogP contribution in [0.2, 0.25) is 5.02 Å². The number of amides is 1. The summed E-state index contributed by atoms with van der Waals surface area (Å²) in [7, 11) is 2.01. The second-order valence-electron chi connectivity index (χ2n) is 5.27. The largest absolute Gasteiger partial charge is 0.358 e. The molecule has 18 heavy (non-hydrogen) atoms. The number of nitrogens with zero attached hydrogens (tertiary/aromatic N) is 1. The van der Waals surface area contributed by atoms with Crippen molar-refractivity contribution in [2.75, 3.05) is 17.3 Å². The Bertz CT molecular complexity index is 495. The van der Waals surface area contributed by atoms with Crippen molar-refractivity contribution >= 4 is 28.9 Å². The molecule has 0 saturated heterocycles. The minimum Gasteiger partial charge on any atom is -0.358 e. The van der Waals surface area contributed by atoms with Crippen LogP contribution in [0.4, 0.5) is 11.4 Å². The Labute approximate surface area is 112 Å². The van der Waals surface area contributed by atoms with Crippen molar-refractivity contribution < 1.29 is 4.79 Å². The molecule has 3 nitrogen and oxygen atoms in total. The number of carbonyl (C=O) groups is 1. The lowest BCUT2D eigenvalue weighted by molar-refractivity contribution is -0.122. The number of likely N-dealkylation sites (N-methyl/N-ethyl adjacent to an activating group) is 1. The molecule has 0 aromatic heterocycles. The lowest BCUT2D eigenvalue weighted by atomic mass is 9.78. The molecule has 96 valence electrons. The summed E-state index contributed by atoms with van der Waals surface area (Å²) in [5.41, 5.74) is 1.53. The third-order valence-corrected chi connectivity index (χ3v) is 4.55. The highest BCUT2D eigenvalue weighted by atomic mass is 35.5. The van der Waals surface area contributed by atoms with Crippen LogP contribution in [0.15, 0.2) is 18.2 Å². The number of hydrogen-bond donors (Lipinski definition) is 1. The van der Waals surface area contributed by atoms with Crippen LogP contribution in [-0.2, 0) is 4.79 Å². The highest BCUT2D eigenvalue weighted by Crippen LogP contribution is 2.43. The van der Waals surface area contributed by atoms with E-state index in [2.05, 4.69) is 10.2 Å². The topological polar surface area (TPSA) is 32.3 Å². The van der Waals surface area contributed by atoms with Crippen molar-refractivity contribution in [1.29, 1.82) is 0 Å². The van der Waals surface area contributed by atoms with E-state index in [0.717, 1.165) is 37.1 Å². The molecule has 1 spiro atoms. The molecule has 1 saturated carbocycles. The van der Waals surface area contributed by atoms with Gasteiger partial charge in [-0.25, -0.2) is 0 Å². The fourth-order valence-electron chi connectivity index (χ4n) is 3.21. The maximum absolute atomic E-state index is 12.4. The van der Waals surface area contributed by atoms with E-state index in [0.29, 0.717) is 5.02 Å². The van der Waals surface area contributed by atoms with Crippen molar-refractivity contribution in [2.24, 2.45) is 0 Å². The van der Waals surface area contributed by atoms with Crippen molar-refractivity contribution in [3.8, 4) is 0 Å². The predicted octanol–water partition coefficient (Wildman–Crippen LogP) is 3.43. The first-order chi connectivity index (χ1) is 8.63. The summed E-state index contributed by atoms with van der Waals surface area (Å²) in [5, 5.41) is 3.75. The summed E-state index contributed by atoms with van der Waals surface area (Å²) in [5.74, 6) is 0.138. The number of halogens is 1. The van der Waals surface area contributed by atoms with Gasteiger partial charge in [0, 0.05) is 12.1 Å². The monoisotopic (exact) mass is 264 g/mol. The van der Waals surface area contributed by atoms with E-state index in [4.69, 9.17) is 11.6 Å². The van der Waals surface area contributed by atoms with Gasteiger partial charge in [-0.2, -0.15) is 0 Å². The van der Waals surface area contributed by atoms with Gasteiger partial charge < -0.3 is 10.2 Å². The minimum absolute atomic E-state index is 0.138. The lowest BCUT2D eigenvalue weighted by Gasteiger charge is -2.48. The van der Waals surface area contributed by atoms with Gasteiger partial charge in [0.2, 0.25) is 5.91 Å². The van der Waals surface area contributed by atoms with Crippen molar-refractivity contribution in [3.63, 3.8) is 0 Å². The fraction of sp³-hybridized carbons (Fsp3) is 0.500. The van der Waals surface area contributed by atoms with Gasteiger partial charge in [0.1, 0.15) is 5.54 Å². The molecule has 0 radical (unpaired) electrons. The molecule has 1 amide bonds. The minimum atomic E-state index is -0.365. The second-order valence-corrected chi connectivity index (χ2v) is 5.70. The third kappa shape index (κ3) is 1.61. The summed E-state index contributed by atoms with van der Waals surface area (Å²) in [6, 6.07) is 5.63. The highest BCUT2D eigenvalue weighted by Gasteiger charge is 2.46. The van der Waals surface area contributed by atoms with E-state index in [1.165, 1.54) is 6.42 Å². The molecule has 2 aliphatic rings. The zero-order chi connectivity index (χ0) is 12.8. The van der Waals surface area contributed by atoms with Gasteiger partial charge >= 0.3 is 0 Å². The summed E-state index contributed by atoms with van der Waals surface area (Å²) >= 11 is 6.07.